The van der Waals surface area contributed by atoms with Crippen LogP contribution in [0.15, 0.2) is 4.99 Å². The van der Waals surface area contributed by atoms with Crippen LogP contribution in [0.3, 0.4) is 0 Å². The molecule has 2 N–H and O–H groups in total. The number of hydrogen-bond acceptors (Lipinski definition) is 4. The molecule has 0 aromatic rings. The second-order valence-corrected chi connectivity index (χ2v) is 7.88. The Morgan fingerprint density at radius 1 is 1.26 bits per heavy atom. The Kier molecular flexibility index (Phi) is 8.55. The lowest BCUT2D eigenvalue weighted by atomic mass is 9.97. The molecule has 2 fully saturated rings. The fourth-order valence-electron chi connectivity index (χ4n) is 3.55. The second kappa shape index (κ2) is 10.4. The van der Waals surface area contributed by atoms with Gasteiger partial charge in [0.05, 0.1) is 6.61 Å². The molecule has 0 aromatic carbocycles. The van der Waals surface area contributed by atoms with Crippen molar-refractivity contribution in [2.75, 3.05) is 53.2 Å². The van der Waals surface area contributed by atoms with Crippen molar-refractivity contribution in [1.82, 2.24) is 15.5 Å². The molecule has 0 bridgehead atoms. The molecule has 0 amide bonds. The summed E-state index contributed by atoms with van der Waals surface area (Å²) in [6.07, 6.45) is 8.62. The van der Waals surface area contributed by atoms with Gasteiger partial charge in [-0.05, 0) is 57.4 Å². The molecule has 1 heterocycles. The van der Waals surface area contributed by atoms with Crippen molar-refractivity contribution in [2.45, 2.75) is 43.4 Å². The SMILES string of the molecule is CN=C(NCC1CCN(CCOC)CC1)NC1CCC(SC)C1. The van der Waals surface area contributed by atoms with E-state index in [4.69, 9.17) is 4.74 Å². The summed E-state index contributed by atoms with van der Waals surface area (Å²) in [4.78, 5) is 6.91. The van der Waals surface area contributed by atoms with Crippen LogP contribution in [0, 0.1) is 5.92 Å². The molecule has 1 saturated carbocycles. The highest BCUT2D eigenvalue weighted by Gasteiger charge is 2.25. The van der Waals surface area contributed by atoms with Crippen LogP contribution in [0.25, 0.3) is 0 Å². The van der Waals surface area contributed by atoms with Gasteiger partial charge in [-0.15, -0.1) is 0 Å². The number of thioether (sulfide) groups is 1. The van der Waals surface area contributed by atoms with E-state index in [1.54, 1.807) is 7.11 Å². The lowest BCUT2D eigenvalue weighted by Crippen LogP contribution is -2.46. The Hall–Kier alpha value is -0.460. The van der Waals surface area contributed by atoms with Crippen molar-refractivity contribution in [3.8, 4) is 0 Å². The quantitative estimate of drug-likeness (QED) is 0.546. The Morgan fingerprint density at radius 3 is 2.65 bits per heavy atom. The molecule has 2 unspecified atom stereocenters. The lowest BCUT2D eigenvalue weighted by Gasteiger charge is -2.32. The number of rotatable bonds is 7. The maximum atomic E-state index is 5.16. The molecule has 1 aliphatic heterocycles. The van der Waals surface area contributed by atoms with Gasteiger partial charge in [0.1, 0.15) is 0 Å². The summed E-state index contributed by atoms with van der Waals surface area (Å²) >= 11 is 2.00. The molecule has 2 rings (SSSR count). The maximum absolute atomic E-state index is 5.16. The largest absolute Gasteiger partial charge is 0.383 e. The minimum absolute atomic E-state index is 0.592. The molecule has 1 aliphatic carbocycles. The van der Waals surface area contributed by atoms with Gasteiger partial charge in [0, 0.05) is 38.5 Å². The van der Waals surface area contributed by atoms with Crippen LogP contribution in [-0.4, -0.2) is 75.4 Å². The predicted molar refractivity (Wildman–Crippen MR) is 100 cm³/mol. The number of likely N-dealkylation sites (tertiary alicyclic amines) is 1. The predicted octanol–water partition coefficient (Wildman–Crippen LogP) is 1.79. The molecule has 5 nitrogen and oxygen atoms in total. The van der Waals surface area contributed by atoms with Crippen molar-refractivity contribution in [3.63, 3.8) is 0 Å². The van der Waals surface area contributed by atoms with Gasteiger partial charge in [0.2, 0.25) is 0 Å². The van der Waals surface area contributed by atoms with Gasteiger partial charge in [-0.2, -0.15) is 11.8 Å². The molecule has 2 atom stereocenters. The van der Waals surface area contributed by atoms with Crippen LogP contribution >= 0.6 is 11.8 Å². The summed E-state index contributed by atoms with van der Waals surface area (Å²) in [5.41, 5.74) is 0. The van der Waals surface area contributed by atoms with Crippen LogP contribution in [-0.2, 0) is 4.74 Å². The minimum Gasteiger partial charge on any atom is -0.383 e. The fraction of sp³-hybridized carbons (Fsp3) is 0.941. The molecule has 134 valence electrons. The van der Waals surface area contributed by atoms with Gasteiger partial charge < -0.3 is 20.3 Å². The number of methoxy groups -OCH3 is 1. The summed E-state index contributed by atoms with van der Waals surface area (Å²) in [5, 5.41) is 7.97. The first kappa shape index (κ1) is 18.9. The second-order valence-electron chi connectivity index (χ2n) is 6.74. The minimum atomic E-state index is 0.592. The first-order valence-electron chi connectivity index (χ1n) is 8.96. The van der Waals surface area contributed by atoms with E-state index in [1.807, 2.05) is 18.8 Å². The van der Waals surface area contributed by atoms with E-state index in [0.717, 1.165) is 36.8 Å². The summed E-state index contributed by atoms with van der Waals surface area (Å²) in [6, 6.07) is 0.592. The average Bonchev–Trinajstić information content (AvgIpc) is 3.05. The third-order valence-corrected chi connectivity index (χ3v) is 6.25. The van der Waals surface area contributed by atoms with Crippen molar-refractivity contribution in [2.24, 2.45) is 10.9 Å². The van der Waals surface area contributed by atoms with E-state index < -0.39 is 0 Å². The van der Waals surface area contributed by atoms with Crippen molar-refractivity contribution >= 4 is 17.7 Å². The zero-order valence-corrected chi connectivity index (χ0v) is 15.8. The van der Waals surface area contributed by atoms with Gasteiger partial charge in [-0.1, -0.05) is 0 Å². The summed E-state index contributed by atoms with van der Waals surface area (Å²) in [5.74, 6) is 1.74. The highest BCUT2D eigenvalue weighted by molar-refractivity contribution is 7.99. The Morgan fingerprint density at radius 2 is 2.04 bits per heavy atom. The lowest BCUT2D eigenvalue weighted by molar-refractivity contribution is 0.121. The van der Waals surface area contributed by atoms with Crippen LogP contribution in [0.4, 0.5) is 0 Å². The van der Waals surface area contributed by atoms with Gasteiger partial charge in [-0.3, -0.25) is 4.99 Å². The first-order valence-corrected chi connectivity index (χ1v) is 10.2. The number of ether oxygens (including phenoxy) is 1. The molecule has 0 aromatic heterocycles. The number of nitrogens with one attached hydrogen (secondary N) is 2. The maximum Gasteiger partial charge on any atom is 0.191 e. The molecule has 0 radical (unpaired) electrons. The zero-order chi connectivity index (χ0) is 16.5. The Balaban J connectivity index is 1.63. The number of piperidine rings is 1. The van der Waals surface area contributed by atoms with Crippen LogP contribution in [0.1, 0.15) is 32.1 Å². The van der Waals surface area contributed by atoms with Crippen LogP contribution in [0.2, 0.25) is 0 Å². The smallest absolute Gasteiger partial charge is 0.191 e. The number of hydrogen-bond donors (Lipinski definition) is 2. The number of guanidine groups is 1. The van der Waals surface area contributed by atoms with E-state index in [2.05, 4.69) is 26.8 Å². The fourth-order valence-corrected chi connectivity index (χ4v) is 4.35. The summed E-state index contributed by atoms with van der Waals surface area (Å²) in [6.45, 7) is 5.34. The first-order chi connectivity index (χ1) is 11.2. The van der Waals surface area contributed by atoms with E-state index in [-0.39, 0.29) is 0 Å². The summed E-state index contributed by atoms with van der Waals surface area (Å²) in [7, 11) is 3.66. The van der Waals surface area contributed by atoms with Crippen LogP contribution < -0.4 is 10.6 Å². The van der Waals surface area contributed by atoms with E-state index in [0.29, 0.717) is 6.04 Å². The molecule has 2 aliphatic rings. The van der Waals surface area contributed by atoms with Gasteiger partial charge in [0.25, 0.3) is 0 Å². The standard InChI is InChI=1S/C17H34N4OS/c1-18-17(20-15-4-5-16(12-15)23-3)19-13-14-6-8-21(9-7-14)10-11-22-2/h14-16H,4-13H2,1-3H3,(H2,18,19,20). The highest BCUT2D eigenvalue weighted by Crippen LogP contribution is 2.28. The normalized spacial score (nSPS) is 27.3. The van der Waals surface area contributed by atoms with Crippen molar-refractivity contribution in [1.29, 1.82) is 0 Å². The molecule has 0 spiro atoms. The van der Waals surface area contributed by atoms with E-state index >= 15 is 0 Å². The molecule has 6 heteroatoms. The number of aliphatic imine (C=N–C) groups is 1. The Bertz CT molecular complexity index is 359. The molecular formula is C17H34N4OS. The topological polar surface area (TPSA) is 48.9 Å². The average molecular weight is 343 g/mol. The summed E-state index contributed by atoms with van der Waals surface area (Å²) < 4.78 is 5.16. The van der Waals surface area contributed by atoms with Crippen molar-refractivity contribution < 1.29 is 4.74 Å². The third-order valence-electron chi connectivity index (χ3n) is 5.16. The van der Waals surface area contributed by atoms with Crippen LogP contribution in [0.5, 0.6) is 0 Å². The molecular weight excluding hydrogens is 308 g/mol. The number of nitrogens with zero attached hydrogens (tertiary/aromatic N) is 2. The van der Waals surface area contributed by atoms with E-state index in [9.17, 15) is 0 Å². The van der Waals surface area contributed by atoms with E-state index in [1.165, 1.54) is 45.2 Å². The highest BCUT2D eigenvalue weighted by atomic mass is 32.2. The van der Waals surface area contributed by atoms with Gasteiger partial charge in [0.15, 0.2) is 5.96 Å². The monoisotopic (exact) mass is 342 g/mol. The third kappa shape index (κ3) is 6.51. The Labute approximate surface area is 146 Å². The van der Waals surface area contributed by atoms with Crippen molar-refractivity contribution in [3.05, 3.63) is 0 Å². The molecule has 1 saturated heterocycles. The zero-order valence-electron chi connectivity index (χ0n) is 15.0. The molecule has 23 heavy (non-hydrogen) atoms. The van der Waals surface area contributed by atoms with Gasteiger partial charge >= 0.3 is 0 Å². The van der Waals surface area contributed by atoms with Gasteiger partial charge in [-0.25, -0.2) is 0 Å².